The Morgan fingerprint density at radius 1 is 1.26 bits per heavy atom. The molecule has 0 atom stereocenters. The zero-order valence-electron chi connectivity index (χ0n) is 14.0. The van der Waals surface area contributed by atoms with Crippen LogP contribution in [0.25, 0.3) is 5.57 Å². The molecule has 0 radical (unpaired) electrons. The van der Waals surface area contributed by atoms with Crippen molar-refractivity contribution in [1.82, 2.24) is 0 Å². The lowest BCUT2D eigenvalue weighted by Gasteiger charge is -2.17. The summed E-state index contributed by atoms with van der Waals surface area (Å²) in [6.07, 6.45) is -3.97. The highest BCUT2D eigenvalue weighted by Gasteiger charge is 2.35. The van der Waals surface area contributed by atoms with Crippen molar-refractivity contribution in [3.05, 3.63) is 46.5 Å². The van der Waals surface area contributed by atoms with Gasteiger partial charge in [-0.1, -0.05) is 13.5 Å². The maximum atomic E-state index is 13.0. The first-order valence-electron chi connectivity index (χ1n) is 7.20. The van der Waals surface area contributed by atoms with Gasteiger partial charge in [-0.3, -0.25) is 4.79 Å². The second-order valence-electron chi connectivity index (χ2n) is 5.40. The van der Waals surface area contributed by atoms with E-state index in [1.54, 1.807) is 20.8 Å². The Labute approximate surface area is 134 Å². The molecule has 23 heavy (non-hydrogen) atoms. The van der Waals surface area contributed by atoms with Gasteiger partial charge in [0.05, 0.1) is 12.7 Å². The number of benzene rings is 1. The summed E-state index contributed by atoms with van der Waals surface area (Å²) in [5.74, 6) is -0.435. The minimum atomic E-state index is -4.49. The smallest absolute Gasteiger partial charge is 0.419 e. The van der Waals surface area contributed by atoms with Crippen LogP contribution in [0.2, 0.25) is 0 Å². The van der Waals surface area contributed by atoms with Gasteiger partial charge < -0.3 is 4.74 Å². The van der Waals surface area contributed by atoms with Crippen molar-refractivity contribution in [2.45, 2.75) is 40.3 Å². The monoisotopic (exact) mass is 326 g/mol. The van der Waals surface area contributed by atoms with Crippen LogP contribution in [0.15, 0.2) is 29.9 Å². The van der Waals surface area contributed by atoms with Crippen LogP contribution in [0.5, 0.6) is 5.75 Å². The Morgan fingerprint density at radius 3 is 2.26 bits per heavy atom. The fraction of sp³-hybridized carbons (Fsp3) is 0.389. The van der Waals surface area contributed by atoms with Gasteiger partial charge in [-0.2, -0.15) is 13.2 Å². The molecule has 1 rings (SSSR count). The molecule has 5 heteroatoms. The number of halogens is 3. The maximum Gasteiger partial charge on any atom is 0.419 e. The van der Waals surface area contributed by atoms with E-state index in [9.17, 15) is 18.0 Å². The normalized spacial score (nSPS) is 12.7. The number of ketones is 1. The lowest BCUT2D eigenvalue weighted by molar-refractivity contribution is -0.138. The average Bonchev–Trinajstić information content (AvgIpc) is 2.50. The van der Waals surface area contributed by atoms with Crippen LogP contribution in [0, 0.1) is 6.92 Å². The Balaban J connectivity index is 3.50. The Kier molecular flexibility index (Phi) is 5.81. The summed E-state index contributed by atoms with van der Waals surface area (Å²) in [5.41, 5.74) is 1.74. The Hall–Kier alpha value is -2.04. The third-order valence-corrected chi connectivity index (χ3v) is 3.91. The number of rotatable bonds is 5. The topological polar surface area (TPSA) is 26.3 Å². The first kappa shape index (κ1) is 19.0. The van der Waals surface area contributed by atoms with Gasteiger partial charge in [0.2, 0.25) is 0 Å². The minimum Gasteiger partial charge on any atom is -0.496 e. The molecule has 0 bridgehead atoms. The van der Waals surface area contributed by atoms with Gasteiger partial charge in [-0.15, -0.1) is 0 Å². The number of methoxy groups -OCH3 is 1. The van der Waals surface area contributed by atoms with Gasteiger partial charge in [0, 0.05) is 5.57 Å². The molecule has 1 aromatic carbocycles. The van der Waals surface area contributed by atoms with Gasteiger partial charge in [-0.05, 0) is 61.6 Å². The van der Waals surface area contributed by atoms with Gasteiger partial charge in [-0.25, -0.2) is 0 Å². The fourth-order valence-electron chi connectivity index (χ4n) is 2.28. The Morgan fingerprint density at radius 2 is 1.83 bits per heavy atom. The highest BCUT2D eigenvalue weighted by molar-refractivity contribution is 6.11. The number of allylic oxidation sites excluding steroid dienone is 3. The summed E-state index contributed by atoms with van der Waals surface area (Å²) in [6.45, 7) is 10.5. The van der Waals surface area contributed by atoms with Crippen molar-refractivity contribution in [1.29, 1.82) is 0 Å². The number of ether oxygens (including phenoxy) is 1. The first-order chi connectivity index (χ1) is 10.5. The van der Waals surface area contributed by atoms with Crippen LogP contribution in [-0.4, -0.2) is 12.9 Å². The van der Waals surface area contributed by atoms with E-state index in [1.165, 1.54) is 13.2 Å². The molecule has 0 spiro atoms. The molecule has 0 N–H and O–H groups in total. The number of carbonyl (C=O) groups is 1. The number of Topliss-reactive ketones (excluding diaryl/α,β-unsaturated/α-hetero) is 1. The van der Waals surface area contributed by atoms with E-state index in [4.69, 9.17) is 4.74 Å². The van der Waals surface area contributed by atoms with E-state index in [-0.39, 0.29) is 11.5 Å². The highest BCUT2D eigenvalue weighted by atomic mass is 19.4. The molecule has 2 nitrogen and oxygen atoms in total. The molecule has 0 saturated carbocycles. The second-order valence-corrected chi connectivity index (χ2v) is 5.40. The summed E-state index contributed by atoms with van der Waals surface area (Å²) in [7, 11) is 1.19. The molecule has 0 heterocycles. The van der Waals surface area contributed by atoms with Crippen molar-refractivity contribution < 1.29 is 22.7 Å². The lowest BCUT2D eigenvalue weighted by atomic mass is 9.92. The molecule has 0 amide bonds. The molecular formula is C18H21F3O2. The predicted octanol–water partition coefficient (Wildman–Crippen LogP) is 5.35. The third-order valence-electron chi connectivity index (χ3n) is 3.91. The third kappa shape index (κ3) is 4.03. The molecule has 0 aliphatic heterocycles. The van der Waals surface area contributed by atoms with Crippen LogP contribution in [-0.2, 0) is 11.0 Å². The summed E-state index contributed by atoms with van der Waals surface area (Å²) >= 11 is 0. The lowest BCUT2D eigenvalue weighted by Crippen LogP contribution is -2.10. The number of hydrogen-bond donors (Lipinski definition) is 0. The Bertz CT molecular complexity index is 668. The average molecular weight is 326 g/mol. The maximum absolute atomic E-state index is 13.0. The van der Waals surface area contributed by atoms with Crippen LogP contribution in [0.3, 0.4) is 0 Å². The summed E-state index contributed by atoms with van der Waals surface area (Å²) in [4.78, 5) is 12.2. The summed E-state index contributed by atoms with van der Waals surface area (Å²) in [6, 6.07) is 2.38. The van der Waals surface area contributed by atoms with Gasteiger partial charge in [0.1, 0.15) is 5.75 Å². The fourth-order valence-corrected chi connectivity index (χ4v) is 2.28. The van der Waals surface area contributed by atoms with Crippen LogP contribution in [0.1, 0.15) is 43.9 Å². The molecule has 0 fully saturated rings. The zero-order valence-corrected chi connectivity index (χ0v) is 14.0. The van der Waals surface area contributed by atoms with Crippen molar-refractivity contribution in [2.75, 3.05) is 7.11 Å². The van der Waals surface area contributed by atoms with E-state index in [0.717, 1.165) is 6.07 Å². The van der Waals surface area contributed by atoms with Gasteiger partial charge >= 0.3 is 6.18 Å². The number of alkyl halides is 3. The van der Waals surface area contributed by atoms with Crippen molar-refractivity contribution in [2.24, 2.45) is 0 Å². The number of hydrogen-bond acceptors (Lipinski definition) is 2. The molecule has 1 aromatic rings. The van der Waals surface area contributed by atoms with Crippen LogP contribution in [0.4, 0.5) is 13.2 Å². The molecular weight excluding hydrogens is 305 g/mol. The second kappa shape index (κ2) is 7.02. The quantitative estimate of drug-likeness (QED) is 0.682. The van der Waals surface area contributed by atoms with Gasteiger partial charge in [0.15, 0.2) is 5.78 Å². The molecule has 0 aliphatic carbocycles. The van der Waals surface area contributed by atoms with Crippen molar-refractivity contribution in [3.8, 4) is 5.75 Å². The molecule has 0 saturated heterocycles. The standard InChI is InChI=1S/C18H21F3O2/c1-7-10(2)17(22)13(5)12(4)14-9-16(23-6)15(8-11(14)3)18(19,20)21/h8-9H,2,7H2,1,3-6H3/b13-12+. The summed E-state index contributed by atoms with van der Waals surface area (Å²) in [5, 5.41) is 0. The van der Waals surface area contributed by atoms with E-state index < -0.39 is 11.7 Å². The molecule has 0 unspecified atom stereocenters. The van der Waals surface area contributed by atoms with Gasteiger partial charge in [0.25, 0.3) is 0 Å². The van der Waals surface area contributed by atoms with E-state index >= 15 is 0 Å². The van der Waals surface area contributed by atoms with Crippen molar-refractivity contribution >= 4 is 11.4 Å². The van der Waals surface area contributed by atoms with Crippen LogP contribution < -0.4 is 4.74 Å². The SMILES string of the molecule is C=C(CC)C(=O)/C(C)=C(\C)c1cc(OC)c(C(F)(F)F)cc1C. The number of aryl methyl sites for hydroxylation is 1. The first-order valence-corrected chi connectivity index (χ1v) is 7.20. The summed E-state index contributed by atoms with van der Waals surface area (Å²) < 4.78 is 44.0. The number of carbonyl (C=O) groups excluding carboxylic acids is 1. The van der Waals surface area contributed by atoms with E-state index in [2.05, 4.69) is 6.58 Å². The molecule has 0 aliphatic rings. The largest absolute Gasteiger partial charge is 0.496 e. The predicted molar refractivity (Wildman–Crippen MR) is 85.4 cm³/mol. The van der Waals surface area contributed by atoms with E-state index in [1.807, 2.05) is 6.92 Å². The highest BCUT2D eigenvalue weighted by Crippen LogP contribution is 2.39. The van der Waals surface area contributed by atoms with E-state index in [0.29, 0.717) is 34.3 Å². The van der Waals surface area contributed by atoms with Crippen LogP contribution >= 0.6 is 0 Å². The van der Waals surface area contributed by atoms with Crippen molar-refractivity contribution in [3.63, 3.8) is 0 Å². The molecule has 0 aromatic heterocycles. The zero-order chi connectivity index (χ0) is 17.9. The minimum absolute atomic E-state index is 0.178. The molecule has 126 valence electrons.